The van der Waals surface area contributed by atoms with Crippen molar-refractivity contribution < 1.29 is 27.6 Å². The number of anilines is 1. The lowest BCUT2D eigenvalue weighted by Gasteiger charge is -2.21. The number of fused-ring (bicyclic) bond motifs is 1. The maximum Gasteiger partial charge on any atom is 0.271 e. The summed E-state index contributed by atoms with van der Waals surface area (Å²) in [7, 11) is -3.89. The summed E-state index contributed by atoms with van der Waals surface area (Å²) in [5.41, 5.74) is 3.16. The zero-order valence-corrected chi connectivity index (χ0v) is 17.6. The normalized spacial score (nSPS) is 13.4. The number of hydrazone groups is 1. The fraction of sp³-hybridized carbons (Fsp3) is 0.263. The maximum atomic E-state index is 12.4. The molecule has 0 fully saturated rings. The molecule has 1 aliphatic heterocycles. The number of rotatable bonds is 7. The van der Waals surface area contributed by atoms with Gasteiger partial charge < -0.3 is 9.47 Å². The SMILES string of the molecule is C/C(=N/NC(=O)CN(c1cccc([N+](=O)[O-])c1)S(C)(=O)=O)c1ccc2c(c1)OCCO2. The zero-order chi connectivity index (χ0) is 22.6. The first-order valence-electron chi connectivity index (χ1n) is 9.10. The van der Waals surface area contributed by atoms with Crippen LogP contribution in [0.1, 0.15) is 12.5 Å². The molecule has 0 saturated carbocycles. The van der Waals surface area contributed by atoms with Gasteiger partial charge in [0, 0.05) is 17.7 Å². The highest BCUT2D eigenvalue weighted by molar-refractivity contribution is 7.92. The standard InChI is InChI=1S/C19H20N4O7S/c1-13(14-6-7-17-18(10-14)30-9-8-29-17)20-21-19(24)12-22(31(2,27)28)15-4-3-5-16(11-15)23(25)26/h3-7,10-11H,8-9,12H2,1-2H3,(H,21,24)/b20-13-. The van der Waals surface area contributed by atoms with E-state index < -0.39 is 27.4 Å². The summed E-state index contributed by atoms with van der Waals surface area (Å²) < 4.78 is 36.1. The number of nitrogens with one attached hydrogen (secondary N) is 1. The molecule has 2 aromatic carbocycles. The van der Waals surface area contributed by atoms with Gasteiger partial charge in [0.2, 0.25) is 10.0 Å². The minimum absolute atomic E-state index is 0.000567. The van der Waals surface area contributed by atoms with E-state index in [-0.39, 0.29) is 11.4 Å². The van der Waals surface area contributed by atoms with Crippen molar-refractivity contribution in [3.05, 3.63) is 58.1 Å². The van der Waals surface area contributed by atoms with Crippen LogP contribution in [0.2, 0.25) is 0 Å². The second kappa shape index (κ2) is 9.00. The van der Waals surface area contributed by atoms with Gasteiger partial charge in [0.25, 0.3) is 11.6 Å². The average Bonchev–Trinajstić information content (AvgIpc) is 2.74. The van der Waals surface area contributed by atoms with Crippen LogP contribution in [0, 0.1) is 10.1 Å². The molecule has 11 nitrogen and oxygen atoms in total. The molecule has 12 heteroatoms. The number of nitro benzene ring substituents is 1. The van der Waals surface area contributed by atoms with Crippen LogP contribution in [-0.2, 0) is 14.8 Å². The van der Waals surface area contributed by atoms with Crippen LogP contribution in [0.5, 0.6) is 11.5 Å². The third kappa shape index (κ3) is 5.48. The summed E-state index contributed by atoms with van der Waals surface area (Å²) in [5, 5.41) is 15.0. The molecule has 1 aliphatic rings. The van der Waals surface area contributed by atoms with Crippen LogP contribution in [0.4, 0.5) is 11.4 Å². The number of ether oxygens (including phenoxy) is 2. The summed E-state index contributed by atoms with van der Waals surface area (Å²) in [6.45, 7) is 1.97. The molecule has 1 amide bonds. The van der Waals surface area contributed by atoms with Crippen LogP contribution in [0.15, 0.2) is 47.6 Å². The van der Waals surface area contributed by atoms with E-state index in [0.29, 0.717) is 36.0 Å². The second-order valence-corrected chi connectivity index (χ2v) is 8.54. The largest absolute Gasteiger partial charge is 0.486 e. The molecule has 0 radical (unpaired) electrons. The molecule has 0 spiro atoms. The molecule has 0 aromatic heterocycles. The van der Waals surface area contributed by atoms with Crippen LogP contribution in [-0.4, -0.2) is 51.0 Å². The molecule has 31 heavy (non-hydrogen) atoms. The number of carbonyl (C=O) groups is 1. The highest BCUT2D eigenvalue weighted by Crippen LogP contribution is 2.30. The van der Waals surface area contributed by atoms with E-state index in [4.69, 9.17) is 9.47 Å². The first kappa shape index (κ1) is 22.0. The summed E-state index contributed by atoms with van der Waals surface area (Å²) in [5.74, 6) is 0.472. The number of benzene rings is 2. The quantitative estimate of drug-likeness (QED) is 0.386. The van der Waals surface area contributed by atoms with Crippen molar-refractivity contribution in [1.29, 1.82) is 0 Å². The second-order valence-electron chi connectivity index (χ2n) is 6.64. The van der Waals surface area contributed by atoms with Crippen LogP contribution in [0.25, 0.3) is 0 Å². The van der Waals surface area contributed by atoms with Gasteiger partial charge in [0.05, 0.1) is 22.6 Å². The molecule has 164 valence electrons. The number of hydrogen-bond donors (Lipinski definition) is 1. The Morgan fingerprint density at radius 3 is 2.58 bits per heavy atom. The smallest absolute Gasteiger partial charge is 0.271 e. The Morgan fingerprint density at radius 2 is 1.90 bits per heavy atom. The maximum absolute atomic E-state index is 12.4. The van der Waals surface area contributed by atoms with Gasteiger partial charge in [-0.1, -0.05) is 6.07 Å². The van der Waals surface area contributed by atoms with Gasteiger partial charge in [-0.25, -0.2) is 13.8 Å². The first-order chi connectivity index (χ1) is 14.6. The minimum Gasteiger partial charge on any atom is -0.486 e. The Balaban J connectivity index is 1.74. The van der Waals surface area contributed by atoms with Crippen molar-refractivity contribution in [2.75, 3.05) is 30.3 Å². The van der Waals surface area contributed by atoms with Crippen LogP contribution >= 0.6 is 0 Å². The third-order valence-electron chi connectivity index (χ3n) is 4.32. The molecule has 1 N–H and O–H groups in total. The van der Waals surface area contributed by atoms with Crippen LogP contribution in [0.3, 0.4) is 0 Å². The summed E-state index contributed by atoms with van der Waals surface area (Å²) >= 11 is 0. The lowest BCUT2D eigenvalue weighted by molar-refractivity contribution is -0.384. The molecule has 0 atom stereocenters. The highest BCUT2D eigenvalue weighted by atomic mass is 32.2. The van der Waals surface area contributed by atoms with Crippen molar-refractivity contribution in [2.45, 2.75) is 6.92 Å². The number of nitrogens with zero attached hydrogens (tertiary/aromatic N) is 3. The summed E-state index contributed by atoms with van der Waals surface area (Å²) in [4.78, 5) is 22.7. The fourth-order valence-electron chi connectivity index (χ4n) is 2.81. The predicted molar refractivity (Wildman–Crippen MR) is 113 cm³/mol. The van der Waals surface area contributed by atoms with Gasteiger partial charge in [-0.2, -0.15) is 5.10 Å². The van der Waals surface area contributed by atoms with E-state index in [1.807, 2.05) is 0 Å². The fourth-order valence-corrected chi connectivity index (χ4v) is 3.65. The van der Waals surface area contributed by atoms with Crippen molar-refractivity contribution >= 4 is 33.0 Å². The topological polar surface area (TPSA) is 140 Å². The Morgan fingerprint density at radius 1 is 1.19 bits per heavy atom. The molecular weight excluding hydrogens is 428 g/mol. The number of carbonyl (C=O) groups excluding carboxylic acids is 1. The molecule has 0 unspecified atom stereocenters. The zero-order valence-electron chi connectivity index (χ0n) is 16.8. The van der Waals surface area contributed by atoms with Crippen molar-refractivity contribution in [1.82, 2.24) is 5.43 Å². The molecule has 0 saturated heterocycles. The molecule has 2 aromatic rings. The lowest BCUT2D eigenvalue weighted by atomic mass is 10.1. The highest BCUT2D eigenvalue weighted by Gasteiger charge is 2.22. The van der Waals surface area contributed by atoms with Gasteiger partial charge in [-0.3, -0.25) is 19.2 Å². The van der Waals surface area contributed by atoms with Crippen molar-refractivity contribution in [2.24, 2.45) is 5.10 Å². The van der Waals surface area contributed by atoms with Gasteiger partial charge in [0.1, 0.15) is 19.8 Å². The molecule has 0 aliphatic carbocycles. The number of sulfonamides is 1. The summed E-state index contributed by atoms with van der Waals surface area (Å²) in [6.07, 6.45) is 0.906. The Labute approximate surface area is 178 Å². The average molecular weight is 448 g/mol. The molecule has 0 bridgehead atoms. The monoisotopic (exact) mass is 448 g/mol. The molecule has 3 rings (SSSR count). The van der Waals surface area contributed by atoms with Gasteiger partial charge in [-0.05, 0) is 31.2 Å². The number of amides is 1. The van der Waals surface area contributed by atoms with E-state index in [1.54, 1.807) is 25.1 Å². The van der Waals surface area contributed by atoms with E-state index in [1.165, 1.54) is 18.2 Å². The Hall–Kier alpha value is -3.67. The molecule has 1 heterocycles. The molecular formula is C19H20N4O7S. The van der Waals surface area contributed by atoms with Crippen molar-refractivity contribution in [3.63, 3.8) is 0 Å². The van der Waals surface area contributed by atoms with E-state index in [9.17, 15) is 23.3 Å². The number of nitro groups is 1. The first-order valence-corrected chi connectivity index (χ1v) is 11.0. The van der Waals surface area contributed by atoms with E-state index in [0.717, 1.165) is 16.6 Å². The summed E-state index contributed by atoms with van der Waals surface area (Å²) in [6, 6.07) is 10.2. The van der Waals surface area contributed by atoms with Gasteiger partial charge in [0.15, 0.2) is 11.5 Å². The number of hydrogen-bond acceptors (Lipinski definition) is 8. The third-order valence-corrected chi connectivity index (χ3v) is 5.46. The van der Waals surface area contributed by atoms with Gasteiger partial charge >= 0.3 is 0 Å². The Kier molecular flexibility index (Phi) is 6.39. The van der Waals surface area contributed by atoms with Gasteiger partial charge in [-0.15, -0.1) is 0 Å². The number of non-ortho nitro benzene ring substituents is 1. The Bertz CT molecular complexity index is 1150. The minimum atomic E-state index is -3.89. The van der Waals surface area contributed by atoms with Crippen molar-refractivity contribution in [3.8, 4) is 11.5 Å². The predicted octanol–water partition coefficient (Wildman–Crippen LogP) is 1.67. The van der Waals surface area contributed by atoms with E-state index in [2.05, 4.69) is 10.5 Å². The van der Waals surface area contributed by atoms with Crippen LogP contribution < -0.4 is 19.2 Å². The van der Waals surface area contributed by atoms with E-state index >= 15 is 0 Å². The lowest BCUT2D eigenvalue weighted by Crippen LogP contribution is -2.39.